The first-order valence-corrected chi connectivity index (χ1v) is 5.54. The fraction of sp³-hybridized carbons (Fsp3) is 0.200. The zero-order chi connectivity index (χ0) is 11.4. The van der Waals surface area contributed by atoms with E-state index in [1.54, 1.807) is 18.3 Å². The van der Waals surface area contributed by atoms with E-state index in [0.29, 0.717) is 16.0 Å². The minimum atomic E-state index is 0. The normalized spacial score (nSPS) is 14.1. The first-order valence-electron chi connectivity index (χ1n) is 4.78. The molecular weight excluding hydrogens is 282 g/mol. The molecular formula is C10H11Cl3N4. The second-order valence-electron chi connectivity index (χ2n) is 3.20. The molecule has 0 saturated heterocycles. The van der Waals surface area contributed by atoms with Crippen LogP contribution in [0.4, 0.5) is 0 Å². The zero-order valence-electron chi connectivity index (χ0n) is 8.78. The van der Waals surface area contributed by atoms with Crippen molar-refractivity contribution in [2.24, 2.45) is 10.1 Å². The monoisotopic (exact) mass is 292 g/mol. The van der Waals surface area contributed by atoms with Crippen molar-refractivity contribution < 1.29 is 0 Å². The molecule has 1 aromatic carbocycles. The van der Waals surface area contributed by atoms with Gasteiger partial charge in [0.25, 0.3) is 0 Å². The minimum Gasteiger partial charge on any atom is -0.353 e. The summed E-state index contributed by atoms with van der Waals surface area (Å²) in [4.78, 5) is 4.13. The van der Waals surface area contributed by atoms with E-state index in [-0.39, 0.29) is 12.4 Å². The molecule has 4 nitrogen and oxygen atoms in total. The average Bonchev–Trinajstić information content (AvgIpc) is 2.76. The number of guanidine groups is 1. The standard InChI is InChI=1S/C10H10Cl2N4.ClH/c11-8-2-1-7(5-9(8)12)6-15-16-10-13-3-4-14-10;/h1-2,5-6H,3-4H2,(H2,13,14,16);1H. The molecule has 17 heavy (non-hydrogen) atoms. The molecule has 0 saturated carbocycles. The number of rotatable bonds is 2. The summed E-state index contributed by atoms with van der Waals surface area (Å²) in [6, 6.07) is 5.32. The summed E-state index contributed by atoms with van der Waals surface area (Å²) >= 11 is 11.7. The molecule has 1 aromatic rings. The van der Waals surface area contributed by atoms with Crippen LogP contribution in [-0.2, 0) is 0 Å². The Morgan fingerprint density at radius 1 is 1.35 bits per heavy atom. The molecule has 0 amide bonds. The Hall–Kier alpha value is -0.970. The van der Waals surface area contributed by atoms with Gasteiger partial charge in [-0.3, -0.25) is 0 Å². The topological polar surface area (TPSA) is 48.8 Å². The first kappa shape index (κ1) is 14.1. The number of aliphatic imine (C=N–C) groups is 1. The van der Waals surface area contributed by atoms with Crippen LogP contribution in [-0.4, -0.2) is 25.3 Å². The van der Waals surface area contributed by atoms with Gasteiger partial charge in [-0.1, -0.05) is 29.3 Å². The predicted molar refractivity (Wildman–Crippen MR) is 74.7 cm³/mol. The quantitative estimate of drug-likeness (QED) is 0.649. The van der Waals surface area contributed by atoms with Crippen LogP contribution >= 0.6 is 35.6 Å². The van der Waals surface area contributed by atoms with Crippen molar-refractivity contribution in [2.45, 2.75) is 0 Å². The zero-order valence-corrected chi connectivity index (χ0v) is 11.1. The summed E-state index contributed by atoms with van der Waals surface area (Å²) in [6.07, 6.45) is 1.66. The average molecular weight is 294 g/mol. The molecule has 0 atom stereocenters. The van der Waals surface area contributed by atoms with Crippen molar-refractivity contribution in [2.75, 3.05) is 13.1 Å². The highest BCUT2D eigenvalue weighted by atomic mass is 35.5. The molecule has 0 unspecified atom stereocenters. The van der Waals surface area contributed by atoms with Gasteiger partial charge in [-0.05, 0) is 17.7 Å². The third-order valence-corrected chi connectivity index (χ3v) is 2.74. The highest BCUT2D eigenvalue weighted by Crippen LogP contribution is 2.21. The molecule has 0 bridgehead atoms. The third kappa shape index (κ3) is 4.07. The van der Waals surface area contributed by atoms with Crippen molar-refractivity contribution in [3.8, 4) is 0 Å². The van der Waals surface area contributed by atoms with Gasteiger partial charge in [0.1, 0.15) is 0 Å². The Balaban J connectivity index is 0.00000144. The van der Waals surface area contributed by atoms with Gasteiger partial charge >= 0.3 is 0 Å². The summed E-state index contributed by atoms with van der Waals surface area (Å²) < 4.78 is 0. The summed E-state index contributed by atoms with van der Waals surface area (Å²) in [6.45, 7) is 1.63. The summed E-state index contributed by atoms with van der Waals surface area (Å²) in [5, 5.41) is 8.12. The smallest absolute Gasteiger partial charge is 0.212 e. The molecule has 2 N–H and O–H groups in total. The van der Waals surface area contributed by atoms with Gasteiger partial charge < -0.3 is 5.32 Å². The van der Waals surface area contributed by atoms with Crippen molar-refractivity contribution in [1.82, 2.24) is 10.7 Å². The van der Waals surface area contributed by atoms with E-state index >= 15 is 0 Å². The first-order chi connectivity index (χ1) is 7.75. The van der Waals surface area contributed by atoms with Crippen LogP contribution in [0, 0.1) is 0 Å². The summed E-state index contributed by atoms with van der Waals surface area (Å²) in [7, 11) is 0. The molecule has 2 rings (SSSR count). The van der Waals surface area contributed by atoms with Gasteiger partial charge in [-0.2, -0.15) is 5.10 Å². The lowest BCUT2D eigenvalue weighted by Gasteiger charge is -2.00. The maximum Gasteiger partial charge on any atom is 0.212 e. The molecule has 1 aliphatic rings. The van der Waals surface area contributed by atoms with Gasteiger partial charge in [-0.25, -0.2) is 10.4 Å². The Kier molecular flexibility index (Phi) is 5.55. The predicted octanol–water partition coefficient (Wildman–Crippen LogP) is 2.30. The summed E-state index contributed by atoms with van der Waals surface area (Å²) in [5.74, 6) is 0.691. The minimum absolute atomic E-state index is 0. The Morgan fingerprint density at radius 2 is 2.18 bits per heavy atom. The maximum absolute atomic E-state index is 5.87. The van der Waals surface area contributed by atoms with Crippen LogP contribution in [0.15, 0.2) is 28.3 Å². The van der Waals surface area contributed by atoms with Gasteiger partial charge in [0.05, 0.1) is 22.8 Å². The van der Waals surface area contributed by atoms with Gasteiger partial charge in [0, 0.05) is 6.54 Å². The largest absolute Gasteiger partial charge is 0.353 e. The third-order valence-electron chi connectivity index (χ3n) is 2.00. The molecule has 1 aliphatic heterocycles. The van der Waals surface area contributed by atoms with E-state index in [1.807, 2.05) is 6.07 Å². The maximum atomic E-state index is 5.87. The van der Waals surface area contributed by atoms with E-state index in [4.69, 9.17) is 23.2 Å². The van der Waals surface area contributed by atoms with Crippen molar-refractivity contribution >= 4 is 47.8 Å². The van der Waals surface area contributed by atoms with Gasteiger partial charge in [-0.15, -0.1) is 12.4 Å². The van der Waals surface area contributed by atoms with Crippen molar-refractivity contribution in [3.05, 3.63) is 33.8 Å². The number of nitrogens with zero attached hydrogens (tertiary/aromatic N) is 2. The fourth-order valence-corrected chi connectivity index (χ4v) is 1.54. The molecule has 7 heteroatoms. The molecule has 92 valence electrons. The van der Waals surface area contributed by atoms with Gasteiger partial charge in [0.2, 0.25) is 5.96 Å². The SMILES string of the molecule is Cl.Clc1ccc(C=NNC2=NCCN2)cc1Cl. The van der Waals surface area contributed by atoms with Crippen molar-refractivity contribution in [3.63, 3.8) is 0 Å². The molecule has 0 fully saturated rings. The van der Waals surface area contributed by atoms with Crippen LogP contribution < -0.4 is 10.7 Å². The molecule has 0 aliphatic carbocycles. The Bertz CT molecular complexity index is 445. The summed E-state index contributed by atoms with van der Waals surface area (Å²) in [5.41, 5.74) is 3.67. The van der Waals surface area contributed by atoms with E-state index < -0.39 is 0 Å². The van der Waals surface area contributed by atoms with Crippen LogP contribution in [0.25, 0.3) is 0 Å². The van der Waals surface area contributed by atoms with E-state index in [2.05, 4.69) is 20.8 Å². The van der Waals surface area contributed by atoms with Gasteiger partial charge in [0.15, 0.2) is 0 Å². The molecule has 0 spiro atoms. The number of hydrogen-bond donors (Lipinski definition) is 2. The number of halogens is 3. The fourth-order valence-electron chi connectivity index (χ4n) is 1.23. The van der Waals surface area contributed by atoms with E-state index in [0.717, 1.165) is 18.7 Å². The van der Waals surface area contributed by atoms with Crippen LogP contribution in [0.5, 0.6) is 0 Å². The molecule has 0 aromatic heterocycles. The highest BCUT2D eigenvalue weighted by Gasteiger charge is 2.01. The Morgan fingerprint density at radius 3 is 2.82 bits per heavy atom. The van der Waals surface area contributed by atoms with Crippen LogP contribution in [0.2, 0.25) is 10.0 Å². The number of benzene rings is 1. The van der Waals surface area contributed by atoms with Crippen LogP contribution in [0.1, 0.15) is 5.56 Å². The van der Waals surface area contributed by atoms with E-state index in [1.165, 1.54) is 0 Å². The number of hydrazone groups is 1. The number of nitrogens with one attached hydrogen (secondary N) is 2. The second kappa shape index (κ2) is 6.69. The lowest BCUT2D eigenvalue weighted by atomic mass is 10.2. The Labute approximate surface area is 116 Å². The molecule has 1 heterocycles. The second-order valence-corrected chi connectivity index (χ2v) is 4.02. The molecule has 0 radical (unpaired) electrons. The highest BCUT2D eigenvalue weighted by molar-refractivity contribution is 6.42. The van der Waals surface area contributed by atoms with E-state index in [9.17, 15) is 0 Å². The van der Waals surface area contributed by atoms with Crippen LogP contribution in [0.3, 0.4) is 0 Å². The lowest BCUT2D eigenvalue weighted by molar-refractivity contribution is 0.920. The lowest BCUT2D eigenvalue weighted by Crippen LogP contribution is -2.30. The van der Waals surface area contributed by atoms with Crippen molar-refractivity contribution in [1.29, 1.82) is 0 Å². The number of hydrogen-bond acceptors (Lipinski definition) is 4.